The van der Waals surface area contributed by atoms with E-state index in [-0.39, 0.29) is 24.2 Å². The van der Waals surface area contributed by atoms with E-state index in [1.165, 1.54) is 6.07 Å². The van der Waals surface area contributed by atoms with Gasteiger partial charge in [-0.15, -0.1) is 0 Å². The maximum absolute atomic E-state index is 14.3. The second kappa shape index (κ2) is 7.34. The minimum atomic E-state index is -0.914. The molecule has 2 aromatic rings. The summed E-state index contributed by atoms with van der Waals surface area (Å²) in [6.07, 6.45) is 2.31. The summed E-state index contributed by atoms with van der Waals surface area (Å²) in [5, 5.41) is 13.6. The number of benzene rings is 1. The van der Waals surface area contributed by atoms with Crippen LogP contribution in [-0.2, 0) is 17.6 Å². The lowest BCUT2D eigenvalue weighted by atomic mass is 10.1. The molecule has 2 heterocycles. The van der Waals surface area contributed by atoms with Crippen molar-refractivity contribution in [3.8, 4) is 5.69 Å². The van der Waals surface area contributed by atoms with Crippen LogP contribution in [0.5, 0.6) is 0 Å². The Kier molecular flexibility index (Phi) is 4.90. The van der Waals surface area contributed by atoms with Crippen LogP contribution in [0.1, 0.15) is 34.6 Å². The summed E-state index contributed by atoms with van der Waals surface area (Å²) in [5.74, 6) is -0.157. The molecule has 0 spiro atoms. The molecule has 27 heavy (non-hydrogen) atoms. The van der Waals surface area contributed by atoms with E-state index in [9.17, 15) is 14.0 Å². The van der Waals surface area contributed by atoms with Crippen molar-refractivity contribution >= 4 is 23.6 Å². The van der Waals surface area contributed by atoms with Crippen LogP contribution in [0.4, 0.5) is 4.39 Å². The molecular weight excluding hydrogens is 369 g/mol. The number of aromatic nitrogens is 2. The predicted octanol–water partition coefficient (Wildman–Crippen LogP) is 2.53. The zero-order chi connectivity index (χ0) is 19.0. The summed E-state index contributed by atoms with van der Waals surface area (Å²) in [6.45, 7) is 0.503. The lowest BCUT2D eigenvalue weighted by molar-refractivity contribution is -0.138. The third kappa shape index (κ3) is 3.34. The summed E-state index contributed by atoms with van der Waals surface area (Å²) < 4.78 is 15.8. The molecular formula is C19H20FN3O3S. The highest BCUT2D eigenvalue weighted by Gasteiger charge is 2.35. The summed E-state index contributed by atoms with van der Waals surface area (Å²) in [4.78, 5) is 26.0. The van der Waals surface area contributed by atoms with E-state index in [1.807, 2.05) is 0 Å². The molecule has 1 amide bonds. The minimum absolute atomic E-state index is 0.0745. The van der Waals surface area contributed by atoms with Crippen molar-refractivity contribution in [2.45, 2.75) is 31.7 Å². The molecule has 0 saturated carbocycles. The van der Waals surface area contributed by atoms with E-state index in [0.29, 0.717) is 23.7 Å². The molecule has 2 aliphatic rings. The first-order valence-corrected chi connectivity index (χ1v) is 10.2. The van der Waals surface area contributed by atoms with Crippen LogP contribution in [0, 0.1) is 5.82 Å². The first kappa shape index (κ1) is 18.0. The number of carbonyl (C=O) groups is 2. The number of fused-ring (bicyclic) bond motifs is 1. The average molecular weight is 389 g/mol. The molecule has 1 aromatic carbocycles. The molecule has 1 saturated heterocycles. The number of para-hydroxylation sites is 1. The van der Waals surface area contributed by atoms with E-state index in [4.69, 9.17) is 5.11 Å². The zero-order valence-electron chi connectivity index (χ0n) is 14.7. The zero-order valence-corrected chi connectivity index (χ0v) is 15.5. The van der Waals surface area contributed by atoms with Gasteiger partial charge in [0.05, 0.1) is 12.5 Å². The third-order valence-electron chi connectivity index (χ3n) is 5.11. The van der Waals surface area contributed by atoms with E-state index in [0.717, 1.165) is 36.3 Å². The fraction of sp³-hybridized carbons (Fsp3) is 0.421. The molecule has 1 N–H and O–H groups in total. The molecule has 1 aliphatic carbocycles. The molecule has 0 bridgehead atoms. The predicted molar refractivity (Wildman–Crippen MR) is 99.9 cm³/mol. The lowest BCUT2D eigenvalue weighted by Crippen LogP contribution is -2.47. The van der Waals surface area contributed by atoms with Gasteiger partial charge in [-0.1, -0.05) is 12.1 Å². The topological polar surface area (TPSA) is 75.4 Å². The maximum Gasteiger partial charge on any atom is 0.305 e. The van der Waals surface area contributed by atoms with Crippen molar-refractivity contribution in [2.75, 3.05) is 18.1 Å². The highest BCUT2D eigenvalue weighted by atomic mass is 32.2. The number of halogens is 1. The van der Waals surface area contributed by atoms with Crippen molar-refractivity contribution in [2.24, 2.45) is 0 Å². The largest absolute Gasteiger partial charge is 0.481 e. The standard InChI is InChI=1S/C19H20FN3O3S/c20-14-5-1-2-6-16(14)23-15-7-3-4-13(15)18(21-23)19(26)22-8-9-27-11-12(22)10-17(24)25/h1-2,5-6,12H,3-4,7-11H2,(H,24,25). The highest BCUT2D eigenvalue weighted by Crippen LogP contribution is 2.30. The van der Waals surface area contributed by atoms with Gasteiger partial charge in [0.1, 0.15) is 11.5 Å². The number of amides is 1. The van der Waals surface area contributed by atoms with Gasteiger partial charge in [-0.3, -0.25) is 9.59 Å². The van der Waals surface area contributed by atoms with Gasteiger partial charge in [-0.2, -0.15) is 16.9 Å². The number of carbonyl (C=O) groups excluding carboxylic acids is 1. The van der Waals surface area contributed by atoms with Crippen LogP contribution in [-0.4, -0.2) is 55.8 Å². The van der Waals surface area contributed by atoms with E-state index < -0.39 is 5.97 Å². The lowest BCUT2D eigenvalue weighted by Gasteiger charge is -2.34. The van der Waals surface area contributed by atoms with Gasteiger partial charge in [-0.05, 0) is 31.4 Å². The van der Waals surface area contributed by atoms with Gasteiger partial charge >= 0.3 is 5.97 Å². The van der Waals surface area contributed by atoms with Gasteiger partial charge in [-0.25, -0.2) is 9.07 Å². The smallest absolute Gasteiger partial charge is 0.305 e. The summed E-state index contributed by atoms with van der Waals surface area (Å²) >= 11 is 1.66. The van der Waals surface area contributed by atoms with E-state index in [1.54, 1.807) is 39.5 Å². The second-order valence-electron chi connectivity index (χ2n) is 6.82. The Bertz CT molecular complexity index is 898. The molecule has 1 aromatic heterocycles. The molecule has 1 aliphatic heterocycles. The quantitative estimate of drug-likeness (QED) is 0.870. The SMILES string of the molecule is O=C(O)CC1CSCCN1C(=O)c1nn(-c2ccccc2F)c2c1CCC2. The first-order valence-electron chi connectivity index (χ1n) is 9.02. The van der Waals surface area contributed by atoms with Gasteiger partial charge in [0, 0.05) is 29.3 Å². The minimum Gasteiger partial charge on any atom is -0.481 e. The van der Waals surface area contributed by atoms with Gasteiger partial charge in [0.15, 0.2) is 5.69 Å². The van der Waals surface area contributed by atoms with Crippen molar-refractivity contribution in [3.05, 3.63) is 47.0 Å². The molecule has 1 unspecified atom stereocenters. The van der Waals surface area contributed by atoms with Crippen molar-refractivity contribution in [3.63, 3.8) is 0 Å². The monoisotopic (exact) mass is 389 g/mol. The highest BCUT2D eigenvalue weighted by molar-refractivity contribution is 7.99. The normalized spacial score (nSPS) is 19.1. The molecule has 1 atom stereocenters. The Balaban J connectivity index is 1.72. The number of nitrogens with zero attached hydrogens (tertiary/aromatic N) is 3. The fourth-order valence-corrected chi connectivity index (χ4v) is 4.92. The molecule has 142 valence electrons. The van der Waals surface area contributed by atoms with Crippen LogP contribution in [0.25, 0.3) is 5.69 Å². The van der Waals surface area contributed by atoms with Crippen molar-refractivity contribution in [1.29, 1.82) is 0 Å². The first-order chi connectivity index (χ1) is 13.1. The second-order valence-corrected chi connectivity index (χ2v) is 7.97. The van der Waals surface area contributed by atoms with Crippen LogP contribution < -0.4 is 0 Å². The van der Waals surface area contributed by atoms with E-state index >= 15 is 0 Å². The fourth-order valence-electron chi connectivity index (χ4n) is 3.86. The number of carboxylic acids is 1. The number of rotatable bonds is 4. The Morgan fingerprint density at radius 2 is 2.11 bits per heavy atom. The number of carboxylic acid groups (broad SMARTS) is 1. The molecule has 8 heteroatoms. The molecule has 1 fully saturated rings. The Labute approximate surface area is 160 Å². The maximum atomic E-state index is 14.3. The molecule has 0 radical (unpaired) electrons. The summed E-state index contributed by atoms with van der Waals surface area (Å²) in [7, 11) is 0. The third-order valence-corrected chi connectivity index (χ3v) is 6.20. The van der Waals surface area contributed by atoms with Gasteiger partial charge < -0.3 is 10.0 Å². The van der Waals surface area contributed by atoms with E-state index in [2.05, 4.69) is 5.10 Å². The Hall–Kier alpha value is -2.35. The van der Waals surface area contributed by atoms with Gasteiger partial charge in [0.2, 0.25) is 0 Å². The van der Waals surface area contributed by atoms with Crippen LogP contribution in [0.2, 0.25) is 0 Å². The number of aliphatic carboxylic acids is 1. The van der Waals surface area contributed by atoms with Crippen LogP contribution >= 0.6 is 11.8 Å². The van der Waals surface area contributed by atoms with Crippen LogP contribution in [0.15, 0.2) is 24.3 Å². The number of thioether (sulfide) groups is 1. The Morgan fingerprint density at radius 1 is 1.30 bits per heavy atom. The Morgan fingerprint density at radius 3 is 2.89 bits per heavy atom. The molecule has 4 rings (SSSR count). The van der Waals surface area contributed by atoms with Crippen LogP contribution in [0.3, 0.4) is 0 Å². The number of hydrogen-bond donors (Lipinski definition) is 1. The summed E-state index contributed by atoms with van der Waals surface area (Å²) in [5.41, 5.74) is 2.43. The van der Waals surface area contributed by atoms with Gasteiger partial charge in [0.25, 0.3) is 5.91 Å². The van der Waals surface area contributed by atoms with Crippen molar-refractivity contribution < 1.29 is 19.1 Å². The average Bonchev–Trinajstić information content (AvgIpc) is 3.24. The molecule has 6 nitrogen and oxygen atoms in total. The summed E-state index contributed by atoms with van der Waals surface area (Å²) in [6, 6.07) is 6.05. The van der Waals surface area contributed by atoms with Crippen molar-refractivity contribution in [1.82, 2.24) is 14.7 Å². The number of hydrogen-bond acceptors (Lipinski definition) is 4.